The molecule has 0 saturated carbocycles. The predicted octanol–water partition coefficient (Wildman–Crippen LogP) is 4.60. The van der Waals surface area contributed by atoms with E-state index < -0.39 is 6.04 Å². The number of rotatable bonds is 8. The van der Waals surface area contributed by atoms with E-state index in [1.54, 1.807) is 0 Å². The molecule has 0 aliphatic rings. The summed E-state index contributed by atoms with van der Waals surface area (Å²) in [6, 6.07) is 11.4. The van der Waals surface area contributed by atoms with Gasteiger partial charge in [-0.2, -0.15) is 0 Å². The van der Waals surface area contributed by atoms with Crippen molar-refractivity contribution in [3.05, 3.63) is 58.7 Å². The lowest BCUT2D eigenvalue weighted by molar-refractivity contribution is -0.123. The zero-order valence-electron chi connectivity index (χ0n) is 18.4. The van der Waals surface area contributed by atoms with Gasteiger partial charge in [0.25, 0.3) is 0 Å². The summed E-state index contributed by atoms with van der Waals surface area (Å²) in [6.07, 6.45) is 0.859. The molecular weight excluding hydrogens is 362 g/mol. The minimum Gasteiger partial charge on any atom is -0.325 e. The van der Waals surface area contributed by atoms with E-state index in [2.05, 4.69) is 22.8 Å². The number of carbonyl (C=O) groups excluding carboxylic acids is 2. The van der Waals surface area contributed by atoms with Crippen LogP contribution in [0.25, 0.3) is 0 Å². The van der Waals surface area contributed by atoms with Crippen LogP contribution in [0.1, 0.15) is 42.5 Å². The van der Waals surface area contributed by atoms with E-state index in [0.717, 1.165) is 34.5 Å². The molecule has 0 aromatic heterocycles. The minimum atomic E-state index is -0.419. The van der Waals surface area contributed by atoms with Crippen molar-refractivity contribution in [1.82, 2.24) is 4.90 Å². The van der Waals surface area contributed by atoms with Crippen LogP contribution < -0.4 is 10.6 Å². The maximum Gasteiger partial charge on any atom is 0.241 e. The Kier molecular flexibility index (Phi) is 7.97. The molecule has 5 heteroatoms. The molecule has 0 aliphatic carbocycles. The van der Waals surface area contributed by atoms with Gasteiger partial charge >= 0.3 is 0 Å². The van der Waals surface area contributed by atoms with Crippen LogP contribution in [0.15, 0.2) is 36.4 Å². The maximum atomic E-state index is 12.9. The Bertz CT molecular complexity index is 853. The van der Waals surface area contributed by atoms with Crippen molar-refractivity contribution in [1.29, 1.82) is 0 Å². The predicted molar refractivity (Wildman–Crippen MR) is 120 cm³/mol. The minimum absolute atomic E-state index is 0.0998. The molecule has 2 amide bonds. The second kappa shape index (κ2) is 10.2. The topological polar surface area (TPSA) is 61.4 Å². The van der Waals surface area contributed by atoms with Crippen LogP contribution in [-0.2, 0) is 9.59 Å². The van der Waals surface area contributed by atoms with Gasteiger partial charge in [-0.15, -0.1) is 0 Å². The number of aryl methyl sites for hydroxylation is 4. The molecule has 29 heavy (non-hydrogen) atoms. The number of nitrogens with zero attached hydrogens (tertiary/aromatic N) is 1. The Morgan fingerprint density at radius 1 is 0.966 bits per heavy atom. The van der Waals surface area contributed by atoms with Crippen LogP contribution in [0.5, 0.6) is 0 Å². The summed E-state index contributed by atoms with van der Waals surface area (Å²) < 4.78 is 0. The van der Waals surface area contributed by atoms with Gasteiger partial charge in [0.2, 0.25) is 11.8 Å². The lowest BCUT2D eigenvalue weighted by atomic mass is 10.0. The first-order valence-electron chi connectivity index (χ1n) is 10.2. The van der Waals surface area contributed by atoms with E-state index >= 15 is 0 Å². The second-order valence-electron chi connectivity index (χ2n) is 7.77. The van der Waals surface area contributed by atoms with Crippen LogP contribution in [-0.4, -0.2) is 35.8 Å². The first kappa shape index (κ1) is 22.6. The van der Waals surface area contributed by atoms with Gasteiger partial charge in [-0.25, -0.2) is 0 Å². The monoisotopic (exact) mass is 395 g/mol. The second-order valence-corrected chi connectivity index (χ2v) is 7.77. The molecule has 0 heterocycles. The van der Waals surface area contributed by atoms with Gasteiger partial charge in [-0.05, 0) is 70.3 Å². The molecule has 1 atom stereocenters. The number of amides is 2. The highest BCUT2D eigenvalue weighted by Gasteiger charge is 2.24. The normalized spacial score (nSPS) is 12.0. The van der Waals surface area contributed by atoms with E-state index in [1.807, 2.05) is 70.7 Å². The van der Waals surface area contributed by atoms with Crippen LogP contribution in [0.4, 0.5) is 11.4 Å². The van der Waals surface area contributed by atoms with E-state index in [4.69, 9.17) is 0 Å². The molecule has 5 nitrogen and oxygen atoms in total. The van der Waals surface area contributed by atoms with Crippen LogP contribution >= 0.6 is 0 Å². The van der Waals surface area contributed by atoms with E-state index in [9.17, 15) is 9.59 Å². The van der Waals surface area contributed by atoms with Crippen molar-refractivity contribution >= 4 is 23.2 Å². The Morgan fingerprint density at radius 3 is 2.17 bits per heavy atom. The molecule has 2 aromatic carbocycles. The molecule has 156 valence electrons. The van der Waals surface area contributed by atoms with Crippen molar-refractivity contribution in [2.75, 3.05) is 23.7 Å². The van der Waals surface area contributed by atoms with Gasteiger partial charge < -0.3 is 10.6 Å². The van der Waals surface area contributed by atoms with Gasteiger partial charge in [0.1, 0.15) is 0 Å². The molecule has 0 saturated heterocycles. The standard InChI is InChI=1S/C24H33N3O2/c1-7-12-27(15-22(28)25-21-11-9-8-10-17(21)3)20(6)24(29)26-23-18(4)13-16(2)14-19(23)5/h8-11,13-14,20H,7,12,15H2,1-6H3,(H,25,28)(H,26,29). The number of anilines is 2. The third kappa shape index (κ3) is 6.16. The van der Waals surface area contributed by atoms with Crippen LogP contribution in [0.3, 0.4) is 0 Å². The molecule has 0 bridgehead atoms. The Morgan fingerprint density at radius 2 is 1.59 bits per heavy atom. The highest BCUT2D eigenvalue weighted by atomic mass is 16.2. The largest absolute Gasteiger partial charge is 0.325 e. The zero-order valence-corrected chi connectivity index (χ0v) is 18.4. The summed E-state index contributed by atoms with van der Waals surface area (Å²) in [5.41, 5.74) is 5.93. The van der Waals surface area contributed by atoms with Gasteiger partial charge in [-0.3, -0.25) is 14.5 Å². The van der Waals surface area contributed by atoms with Gasteiger partial charge in [0, 0.05) is 11.4 Å². The van der Waals surface area contributed by atoms with Crippen molar-refractivity contribution in [2.45, 2.75) is 54.0 Å². The van der Waals surface area contributed by atoms with E-state index in [1.165, 1.54) is 5.56 Å². The number of hydrogen-bond acceptors (Lipinski definition) is 3. The average Bonchev–Trinajstić information content (AvgIpc) is 2.65. The molecule has 0 spiro atoms. The lowest BCUT2D eigenvalue weighted by Crippen LogP contribution is -2.46. The summed E-state index contributed by atoms with van der Waals surface area (Å²) in [4.78, 5) is 27.4. The first-order valence-corrected chi connectivity index (χ1v) is 10.2. The van der Waals surface area contributed by atoms with Gasteiger partial charge in [-0.1, -0.05) is 42.8 Å². The third-order valence-corrected chi connectivity index (χ3v) is 5.13. The van der Waals surface area contributed by atoms with E-state index in [-0.39, 0.29) is 18.4 Å². The SMILES string of the molecule is CCCN(CC(=O)Nc1ccccc1C)C(C)C(=O)Nc1c(C)cc(C)cc1C. The van der Waals surface area contributed by atoms with Gasteiger partial charge in [0.05, 0.1) is 12.6 Å². The molecule has 0 fully saturated rings. The molecule has 1 unspecified atom stereocenters. The lowest BCUT2D eigenvalue weighted by Gasteiger charge is -2.28. The highest BCUT2D eigenvalue weighted by molar-refractivity contribution is 5.97. The number of hydrogen-bond donors (Lipinski definition) is 2. The summed E-state index contributed by atoms with van der Waals surface area (Å²) in [5.74, 6) is -0.215. The molecule has 0 aliphatic heterocycles. The summed E-state index contributed by atoms with van der Waals surface area (Å²) >= 11 is 0. The summed E-state index contributed by atoms with van der Waals surface area (Å²) in [6.45, 7) is 12.7. The van der Waals surface area contributed by atoms with Crippen molar-refractivity contribution in [3.8, 4) is 0 Å². The Hall–Kier alpha value is -2.66. The zero-order chi connectivity index (χ0) is 21.6. The smallest absolute Gasteiger partial charge is 0.241 e. The van der Waals surface area contributed by atoms with Crippen molar-refractivity contribution in [2.24, 2.45) is 0 Å². The van der Waals surface area contributed by atoms with Gasteiger partial charge in [0.15, 0.2) is 0 Å². The number of carbonyl (C=O) groups is 2. The molecule has 2 aromatic rings. The molecular formula is C24H33N3O2. The molecule has 2 N–H and O–H groups in total. The fourth-order valence-corrected chi connectivity index (χ4v) is 3.55. The molecule has 2 rings (SSSR count). The van der Waals surface area contributed by atoms with Crippen molar-refractivity contribution < 1.29 is 9.59 Å². The van der Waals surface area contributed by atoms with Crippen LogP contribution in [0.2, 0.25) is 0 Å². The Labute approximate surface area is 174 Å². The summed E-state index contributed by atoms with van der Waals surface area (Å²) in [5, 5.41) is 6.02. The van der Waals surface area contributed by atoms with E-state index in [0.29, 0.717) is 6.54 Å². The Balaban J connectivity index is 2.08. The molecule has 0 radical (unpaired) electrons. The quantitative estimate of drug-likeness (QED) is 0.687. The summed E-state index contributed by atoms with van der Waals surface area (Å²) in [7, 11) is 0. The average molecular weight is 396 g/mol. The third-order valence-electron chi connectivity index (χ3n) is 5.13. The fraction of sp³-hybridized carbons (Fsp3) is 0.417. The van der Waals surface area contributed by atoms with Crippen molar-refractivity contribution in [3.63, 3.8) is 0 Å². The first-order chi connectivity index (χ1) is 13.7. The maximum absolute atomic E-state index is 12.9. The fourth-order valence-electron chi connectivity index (χ4n) is 3.55. The number of benzene rings is 2. The van der Waals surface area contributed by atoms with Crippen LogP contribution in [0, 0.1) is 27.7 Å². The number of nitrogens with one attached hydrogen (secondary N) is 2. The number of para-hydroxylation sites is 1. The highest BCUT2D eigenvalue weighted by Crippen LogP contribution is 2.22.